The zero-order chi connectivity index (χ0) is 13.2. The number of nitrogens with one attached hydrogen (secondary N) is 1. The highest BCUT2D eigenvalue weighted by Crippen LogP contribution is 2.14. The van der Waals surface area contributed by atoms with Gasteiger partial charge in [0.2, 0.25) is 0 Å². The average Bonchev–Trinajstić information content (AvgIpc) is 2.94. The van der Waals surface area contributed by atoms with E-state index >= 15 is 0 Å². The minimum absolute atomic E-state index is 0.804. The van der Waals surface area contributed by atoms with Crippen molar-refractivity contribution in [2.45, 2.75) is 26.9 Å². The van der Waals surface area contributed by atoms with E-state index in [0.29, 0.717) is 0 Å². The van der Waals surface area contributed by atoms with Crippen LogP contribution in [0.4, 0.5) is 0 Å². The second-order valence-electron chi connectivity index (χ2n) is 4.67. The van der Waals surface area contributed by atoms with E-state index in [0.717, 1.165) is 30.0 Å². The van der Waals surface area contributed by atoms with Crippen molar-refractivity contribution in [3.8, 4) is 0 Å². The van der Waals surface area contributed by atoms with E-state index in [1.807, 2.05) is 41.2 Å². The summed E-state index contributed by atoms with van der Waals surface area (Å²) in [5.41, 5.74) is 3.03. The molecule has 0 aliphatic heterocycles. The fraction of sp³-hybridized carbons (Fsp3) is 0.286. The quantitative estimate of drug-likeness (QED) is 0.794. The lowest BCUT2D eigenvalue weighted by Gasteiger charge is -2.03. The molecule has 0 aliphatic carbocycles. The van der Waals surface area contributed by atoms with Crippen molar-refractivity contribution in [1.82, 2.24) is 19.9 Å². The molecule has 0 bridgehead atoms. The van der Waals surface area contributed by atoms with E-state index in [-0.39, 0.29) is 0 Å². The molecule has 3 heterocycles. The molecule has 0 amide bonds. The zero-order valence-corrected chi connectivity index (χ0v) is 11.9. The molecule has 0 aliphatic rings. The Hall–Kier alpha value is -1.72. The number of rotatable bonds is 4. The normalized spacial score (nSPS) is 11.3. The van der Waals surface area contributed by atoms with E-state index in [4.69, 9.17) is 0 Å². The van der Waals surface area contributed by atoms with Crippen LogP contribution < -0.4 is 5.32 Å². The Morgan fingerprint density at radius 3 is 2.95 bits per heavy atom. The first kappa shape index (κ1) is 12.3. The van der Waals surface area contributed by atoms with Crippen molar-refractivity contribution in [2.24, 2.45) is 0 Å². The number of hydrogen-bond acceptors (Lipinski definition) is 4. The molecule has 5 heteroatoms. The molecule has 0 fully saturated rings. The molecule has 0 saturated carbocycles. The van der Waals surface area contributed by atoms with Gasteiger partial charge in [-0.25, -0.2) is 9.50 Å². The summed E-state index contributed by atoms with van der Waals surface area (Å²) >= 11 is 1.83. The Bertz CT molecular complexity index is 698. The predicted octanol–water partition coefficient (Wildman–Crippen LogP) is 2.70. The molecule has 0 atom stereocenters. The summed E-state index contributed by atoms with van der Waals surface area (Å²) in [6.07, 6.45) is 3.94. The van der Waals surface area contributed by atoms with Gasteiger partial charge in [-0.15, -0.1) is 11.3 Å². The molecule has 3 aromatic heterocycles. The summed E-state index contributed by atoms with van der Waals surface area (Å²) in [6.45, 7) is 5.81. The van der Waals surface area contributed by atoms with Gasteiger partial charge in [0.25, 0.3) is 0 Å². The summed E-state index contributed by atoms with van der Waals surface area (Å²) in [5.74, 6) is 0. The Labute approximate surface area is 116 Å². The predicted molar refractivity (Wildman–Crippen MR) is 77.3 cm³/mol. The molecule has 0 saturated heterocycles. The van der Waals surface area contributed by atoms with Crippen LogP contribution in [0.2, 0.25) is 0 Å². The van der Waals surface area contributed by atoms with Crippen LogP contribution in [0.5, 0.6) is 0 Å². The summed E-state index contributed by atoms with van der Waals surface area (Å²) in [5, 5.41) is 7.80. The van der Waals surface area contributed by atoms with Gasteiger partial charge in [-0.1, -0.05) is 0 Å². The van der Waals surface area contributed by atoms with Gasteiger partial charge in [0.05, 0.1) is 5.69 Å². The average molecular weight is 272 g/mol. The first-order valence-electron chi connectivity index (χ1n) is 6.28. The molecule has 0 aromatic carbocycles. The van der Waals surface area contributed by atoms with Crippen LogP contribution >= 0.6 is 11.3 Å². The van der Waals surface area contributed by atoms with E-state index in [1.54, 1.807) is 0 Å². The third kappa shape index (κ3) is 2.83. The van der Waals surface area contributed by atoms with Crippen LogP contribution in [0.1, 0.15) is 21.0 Å². The maximum atomic E-state index is 4.39. The third-order valence-corrected chi connectivity index (χ3v) is 3.91. The summed E-state index contributed by atoms with van der Waals surface area (Å²) in [7, 11) is 0. The first-order chi connectivity index (χ1) is 9.20. The van der Waals surface area contributed by atoms with Crippen molar-refractivity contribution < 1.29 is 0 Å². The van der Waals surface area contributed by atoms with E-state index in [2.05, 4.69) is 34.5 Å². The zero-order valence-electron chi connectivity index (χ0n) is 11.1. The Kier molecular flexibility index (Phi) is 3.31. The van der Waals surface area contributed by atoms with Gasteiger partial charge in [0, 0.05) is 46.9 Å². The van der Waals surface area contributed by atoms with Gasteiger partial charge in [-0.2, -0.15) is 5.10 Å². The van der Waals surface area contributed by atoms with Crippen LogP contribution in [0.15, 0.2) is 30.6 Å². The Balaban J connectivity index is 1.64. The molecule has 1 N–H and O–H groups in total. The molecule has 19 heavy (non-hydrogen) atoms. The lowest BCUT2D eigenvalue weighted by Crippen LogP contribution is -2.12. The SMILES string of the molecule is Cc1cc2ncc(CNCc3ccc(C)s3)cn2n1. The minimum atomic E-state index is 0.804. The number of nitrogens with zero attached hydrogens (tertiary/aromatic N) is 3. The largest absolute Gasteiger partial charge is 0.308 e. The maximum Gasteiger partial charge on any atom is 0.155 e. The molecule has 0 spiro atoms. The van der Waals surface area contributed by atoms with Crippen molar-refractivity contribution >= 4 is 17.0 Å². The van der Waals surface area contributed by atoms with Crippen LogP contribution in [0, 0.1) is 13.8 Å². The fourth-order valence-corrected chi connectivity index (χ4v) is 2.90. The molecule has 0 unspecified atom stereocenters. The topological polar surface area (TPSA) is 42.2 Å². The monoisotopic (exact) mass is 272 g/mol. The molecule has 98 valence electrons. The summed E-state index contributed by atoms with van der Waals surface area (Å²) < 4.78 is 1.83. The van der Waals surface area contributed by atoms with E-state index in [9.17, 15) is 0 Å². The number of aromatic nitrogens is 3. The summed E-state index contributed by atoms with van der Waals surface area (Å²) in [6, 6.07) is 6.30. The van der Waals surface area contributed by atoms with Gasteiger partial charge in [-0.3, -0.25) is 0 Å². The van der Waals surface area contributed by atoms with Crippen molar-refractivity contribution in [3.63, 3.8) is 0 Å². The van der Waals surface area contributed by atoms with Crippen LogP contribution in [0.25, 0.3) is 5.65 Å². The van der Waals surface area contributed by atoms with Gasteiger partial charge in [0.1, 0.15) is 0 Å². The smallest absolute Gasteiger partial charge is 0.155 e. The van der Waals surface area contributed by atoms with E-state index in [1.165, 1.54) is 9.75 Å². The molecular weight excluding hydrogens is 256 g/mol. The van der Waals surface area contributed by atoms with Gasteiger partial charge in [-0.05, 0) is 26.0 Å². The van der Waals surface area contributed by atoms with Crippen molar-refractivity contribution in [2.75, 3.05) is 0 Å². The fourth-order valence-electron chi connectivity index (χ4n) is 2.04. The first-order valence-corrected chi connectivity index (χ1v) is 7.09. The lowest BCUT2D eigenvalue weighted by molar-refractivity contribution is 0.692. The molecule has 0 radical (unpaired) electrons. The highest BCUT2D eigenvalue weighted by molar-refractivity contribution is 7.11. The Morgan fingerprint density at radius 1 is 1.26 bits per heavy atom. The third-order valence-electron chi connectivity index (χ3n) is 2.91. The van der Waals surface area contributed by atoms with Crippen molar-refractivity contribution in [1.29, 1.82) is 0 Å². The maximum absolute atomic E-state index is 4.39. The van der Waals surface area contributed by atoms with Crippen molar-refractivity contribution in [3.05, 3.63) is 51.6 Å². The highest BCUT2D eigenvalue weighted by atomic mass is 32.1. The molecule has 3 aromatic rings. The Morgan fingerprint density at radius 2 is 2.16 bits per heavy atom. The second kappa shape index (κ2) is 5.11. The van der Waals surface area contributed by atoms with Gasteiger partial charge < -0.3 is 5.32 Å². The number of aryl methyl sites for hydroxylation is 2. The number of thiophene rings is 1. The highest BCUT2D eigenvalue weighted by Gasteiger charge is 2.01. The number of fused-ring (bicyclic) bond motifs is 1. The van der Waals surface area contributed by atoms with Crippen LogP contribution in [0.3, 0.4) is 0 Å². The minimum Gasteiger partial charge on any atom is -0.308 e. The molecular formula is C14H16N4S. The second-order valence-corrected chi connectivity index (χ2v) is 6.04. The summed E-state index contributed by atoms with van der Waals surface area (Å²) in [4.78, 5) is 7.11. The lowest BCUT2D eigenvalue weighted by atomic mass is 10.3. The standard InChI is InChI=1S/C14H16N4S/c1-10-5-14-16-7-12(9-18(14)17-10)6-15-8-13-4-3-11(2)19-13/h3-5,7,9,15H,6,8H2,1-2H3. The molecule has 4 nitrogen and oxygen atoms in total. The van der Waals surface area contributed by atoms with Crippen LogP contribution in [-0.2, 0) is 13.1 Å². The van der Waals surface area contributed by atoms with E-state index < -0.39 is 0 Å². The van der Waals surface area contributed by atoms with Gasteiger partial charge >= 0.3 is 0 Å². The van der Waals surface area contributed by atoms with Crippen LogP contribution in [-0.4, -0.2) is 14.6 Å². The van der Waals surface area contributed by atoms with Gasteiger partial charge in [0.15, 0.2) is 5.65 Å². The molecule has 3 rings (SSSR count). The number of hydrogen-bond donors (Lipinski definition) is 1.